The first-order chi connectivity index (χ1) is 13.2. The van der Waals surface area contributed by atoms with Gasteiger partial charge in [0.25, 0.3) is 0 Å². The molecule has 2 aromatic heterocycles. The number of anilines is 1. The summed E-state index contributed by atoms with van der Waals surface area (Å²) in [6.07, 6.45) is 5.53. The summed E-state index contributed by atoms with van der Waals surface area (Å²) in [4.78, 5) is 19.1. The second-order valence-corrected chi connectivity index (χ2v) is 9.09. The van der Waals surface area contributed by atoms with E-state index in [2.05, 4.69) is 22.4 Å². The molecule has 2 heterocycles. The maximum absolute atomic E-state index is 12.4. The minimum Gasteiger partial charge on any atom is -0.440 e. The van der Waals surface area contributed by atoms with Crippen molar-refractivity contribution in [3.05, 3.63) is 53.2 Å². The smallest absolute Gasteiger partial charge is 0.236 e. The molecule has 6 heteroatoms. The van der Waals surface area contributed by atoms with E-state index in [4.69, 9.17) is 4.42 Å². The van der Waals surface area contributed by atoms with E-state index in [0.29, 0.717) is 17.3 Å². The van der Waals surface area contributed by atoms with Gasteiger partial charge >= 0.3 is 0 Å². The number of hydrogen-bond donors (Lipinski definition) is 1. The molecule has 27 heavy (non-hydrogen) atoms. The third kappa shape index (κ3) is 4.62. The molecule has 3 aromatic rings. The van der Waals surface area contributed by atoms with Crippen LogP contribution in [0.4, 0.5) is 5.69 Å². The summed E-state index contributed by atoms with van der Waals surface area (Å²) in [5.74, 6) is 1.19. The Morgan fingerprint density at radius 3 is 2.74 bits per heavy atom. The number of hydrogen-bond acceptors (Lipinski definition) is 5. The van der Waals surface area contributed by atoms with Crippen molar-refractivity contribution >= 4 is 34.7 Å². The monoisotopic (exact) mass is 398 g/mol. The quantitative estimate of drug-likeness (QED) is 0.559. The van der Waals surface area contributed by atoms with Crippen LogP contribution in [-0.4, -0.2) is 16.1 Å². The van der Waals surface area contributed by atoms with Gasteiger partial charge in [-0.1, -0.05) is 18.9 Å². The summed E-state index contributed by atoms with van der Waals surface area (Å²) in [5.41, 5.74) is 1.50. The Morgan fingerprint density at radius 1 is 1.26 bits per heavy atom. The van der Waals surface area contributed by atoms with Gasteiger partial charge in [-0.25, -0.2) is 4.98 Å². The van der Waals surface area contributed by atoms with Crippen LogP contribution in [0.25, 0.3) is 10.8 Å². The summed E-state index contributed by atoms with van der Waals surface area (Å²) in [6.45, 7) is 1.85. The molecule has 0 atom stereocenters. The van der Waals surface area contributed by atoms with Crippen LogP contribution in [0.5, 0.6) is 0 Å². The molecule has 1 fully saturated rings. The van der Waals surface area contributed by atoms with Gasteiger partial charge in [0.2, 0.25) is 11.8 Å². The molecule has 0 bridgehead atoms. The lowest BCUT2D eigenvalue weighted by Crippen LogP contribution is -2.15. The predicted octanol–water partition coefficient (Wildman–Crippen LogP) is 5.93. The Hall–Kier alpha value is -2.05. The van der Waals surface area contributed by atoms with Crippen LogP contribution >= 0.6 is 23.1 Å². The SMILES string of the molecule is Cc1oc(-c2cccs2)nc1CC(=O)Nc1ccc(SC2CCCC2)cc1. The summed E-state index contributed by atoms with van der Waals surface area (Å²) >= 11 is 3.52. The summed E-state index contributed by atoms with van der Waals surface area (Å²) < 4.78 is 5.71. The number of nitrogens with one attached hydrogen (secondary N) is 1. The Labute approximate surface area is 167 Å². The molecule has 1 aliphatic carbocycles. The number of benzene rings is 1. The van der Waals surface area contributed by atoms with Crippen molar-refractivity contribution in [2.45, 2.75) is 49.2 Å². The summed E-state index contributed by atoms with van der Waals surface area (Å²) in [6, 6.07) is 12.1. The first-order valence-corrected chi connectivity index (χ1v) is 11.0. The number of aromatic nitrogens is 1. The van der Waals surface area contributed by atoms with Crippen molar-refractivity contribution in [3.8, 4) is 10.8 Å². The molecule has 0 unspecified atom stereocenters. The van der Waals surface area contributed by atoms with Gasteiger partial charge in [0.1, 0.15) is 5.76 Å². The van der Waals surface area contributed by atoms with E-state index >= 15 is 0 Å². The molecule has 1 aromatic carbocycles. The second-order valence-electron chi connectivity index (χ2n) is 6.77. The Morgan fingerprint density at radius 2 is 2.04 bits per heavy atom. The van der Waals surface area contributed by atoms with Crippen molar-refractivity contribution in [3.63, 3.8) is 0 Å². The molecular formula is C21H22N2O2S2. The second kappa shape index (κ2) is 8.31. The van der Waals surface area contributed by atoms with Gasteiger partial charge in [0.05, 0.1) is 17.0 Å². The van der Waals surface area contributed by atoms with E-state index in [0.717, 1.165) is 15.8 Å². The average molecular weight is 399 g/mol. The van der Waals surface area contributed by atoms with Crippen molar-refractivity contribution < 1.29 is 9.21 Å². The van der Waals surface area contributed by atoms with Crippen molar-refractivity contribution in [2.24, 2.45) is 0 Å². The fraction of sp³-hybridized carbons (Fsp3) is 0.333. The van der Waals surface area contributed by atoms with Gasteiger partial charge in [-0.3, -0.25) is 4.79 Å². The minimum absolute atomic E-state index is 0.0830. The summed E-state index contributed by atoms with van der Waals surface area (Å²) in [7, 11) is 0. The first kappa shape index (κ1) is 18.3. The highest BCUT2D eigenvalue weighted by atomic mass is 32.2. The highest BCUT2D eigenvalue weighted by Crippen LogP contribution is 2.35. The van der Waals surface area contributed by atoms with Crippen LogP contribution in [0, 0.1) is 6.92 Å². The van der Waals surface area contributed by atoms with E-state index in [1.807, 2.05) is 48.3 Å². The number of thiophene rings is 1. The van der Waals surface area contributed by atoms with E-state index in [1.54, 1.807) is 11.3 Å². The van der Waals surface area contributed by atoms with Gasteiger partial charge in [0, 0.05) is 15.8 Å². The third-order valence-corrected chi connectivity index (χ3v) is 6.90. The summed E-state index contributed by atoms with van der Waals surface area (Å²) in [5, 5.41) is 5.69. The third-order valence-electron chi connectivity index (χ3n) is 4.70. The molecule has 0 radical (unpaired) electrons. The molecule has 1 aliphatic rings. The lowest BCUT2D eigenvalue weighted by Gasteiger charge is -2.09. The number of oxazole rings is 1. The Bertz CT molecular complexity index is 895. The highest BCUT2D eigenvalue weighted by Gasteiger charge is 2.17. The lowest BCUT2D eigenvalue weighted by molar-refractivity contribution is -0.115. The lowest BCUT2D eigenvalue weighted by atomic mass is 10.2. The molecule has 0 spiro atoms. The fourth-order valence-corrected chi connectivity index (χ4v) is 5.17. The molecule has 1 N–H and O–H groups in total. The number of thioether (sulfide) groups is 1. The Kier molecular flexibility index (Phi) is 5.64. The number of nitrogens with zero attached hydrogens (tertiary/aromatic N) is 1. The zero-order valence-corrected chi connectivity index (χ0v) is 16.9. The zero-order chi connectivity index (χ0) is 18.6. The number of aryl methyl sites for hydroxylation is 1. The fourth-order valence-electron chi connectivity index (χ4n) is 3.27. The van der Waals surface area contributed by atoms with E-state index in [-0.39, 0.29) is 12.3 Å². The topological polar surface area (TPSA) is 55.1 Å². The molecule has 1 amide bonds. The molecule has 0 aliphatic heterocycles. The molecule has 4 rings (SSSR count). The molecule has 4 nitrogen and oxygen atoms in total. The number of carbonyl (C=O) groups is 1. The number of carbonyl (C=O) groups excluding carboxylic acids is 1. The van der Waals surface area contributed by atoms with Crippen LogP contribution in [0.3, 0.4) is 0 Å². The van der Waals surface area contributed by atoms with Gasteiger partial charge in [0.15, 0.2) is 0 Å². The minimum atomic E-state index is -0.0830. The molecule has 0 saturated heterocycles. The van der Waals surface area contributed by atoms with Crippen molar-refractivity contribution in [2.75, 3.05) is 5.32 Å². The van der Waals surface area contributed by atoms with E-state index in [9.17, 15) is 4.79 Å². The zero-order valence-electron chi connectivity index (χ0n) is 15.2. The highest BCUT2D eigenvalue weighted by molar-refractivity contribution is 8.00. The van der Waals surface area contributed by atoms with Crippen molar-refractivity contribution in [1.82, 2.24) is 4.98 Å². The number of rotatable bonds is 6. The maximum Gasteiger partial charge on any atom is 0.236 e. The number of amides is 1. The molecule has 1 saturated carbocycles. The van der Waals surface area contributed by atoms with Crippen LogP contribution in [0.1, 0.15) is 37.1 Å². The van der Waals surface area contributed by atoms with Crippen LogP contribution in [-0.2, 0) is 11.2 Å². The maximum atomic E-state index is 12.4. The average Bonchev–Trinajstić information content (AvgIpc) is 3.40. The van der Waals surface area contributed by atoms with Gasteiger partial charge in [-0.2, -0.15) is 0 Å². The normalized spacial score (nSPS) is 14.6. The van der Waals surface area contributed by atoms with Crippen LogP contribution < -0.4 is 5.32 Å². The van der Waals surface area contributed by atoms with Crippen LogP contribution in [0.2, 0.25) is 0 Å². The van der Waals surface area contributed by atoms with Crippen LogP contribution in [0.15, 0.2) is 51.1 Å². The van der Waals surface area contributed by atoms with Gasteiger partial charge < -0.3 is 9.73 Å². The first-order valence-electron chi connectivity index (χ1n) is 9.24. The standard InChI is InChI=1S/C21H22N2O2S2/c1-14-18(23-21(25-14)19-7-4-12-26-19)13-20(24)22-15-8-10-17(11-9-15)27-16-5-2-3-6-16/h4,7-12,16H,2-3,5-6,13H2,1H3,(H,22,24). The van der Waals surface area contributed by atoms with Crippen molar-refractivity contribution in [1.29, 1.82) is 0 Å². The van der Waals surface area contributed by atoms with E-state index in [1.165, 1.54) is 30.6 Å². The van der Waals surface area contributed by atoms with Gasteiger partial charge in [-0.15, -0.1) is 23.1 Å². The van der Waals surface area contributed by atoms with Gasteiger partial charge in [-0.05, 0) is 55.5 Å². The largest absolute Gasteiger partial charge is 0.440 e. The van der Waals surface area contributed by atoms with E-state index < -0.39 is 0 Å². The predicted molar refractivity (Wildman–Crippen MR) is 111 cm³/mol. The molecule has 140 valence electrons. The Balaban J connectivity index is 1.35. The molecular weight excluding hydrogens is 376 g/mol.